The number of aromatic nitrogens is 2. The summed E-state index contributed by atoms with van der Waals surface area (Å²) in [5.74, 6) is -0.499. The molecular formula is C48H59ClN8O7S. The number of imidazole rings is 1. The second-order valence-corrected chi connectivity index (χ2v) is 20.3. The molecule has 1 unspecified atom stereocenters. The minimum Gasteiger partial charge on any atom is -0.593 e. The first-order chi connectivity index (χ1) is 31.1. The molecule has 17 heteroatoms. The number of hydroxylamine groups is 2. The van der Waals surface area contributed by atoms with E-state index in [1.165, 1.54) is 41.2 Å². The zero-order chi connectivity index (χ0) is 45.8. The van der Waals surface area contributed by atoms with Crippen molar-refractivity contribution in [2.24, 2.45) is 5.41 Å². The van der Waals surface area contributed by atoms with Crippen LogP contribution in [0.3, 0.4) is 0 Å². The zero-order valence-electron chi connectivity index (χ0n) is 37.2. The number of anilines is 2. The Morgan fingerprint density at radius 1 is 1.02 bits per heavy atom. The number of carbonyl (C=O) groups excluding carboxylic acids is 1. The summed E-state index contributed by atoms with van der Waals surface area (Å²) in [4.78, 5) is 21.7. The number of fused-ring (bicyclic) bond motifs is 1. The fraction of sp³-hybridized carbons (Fsp3) is 0.417. The highest BCUT2D eigenvalue weighted by Crippen LogP contribution is 2.43. The normalized spacial score (nSPS) is 20.3. The van der Waals surface area contributed by atoms with Crippen LogP contribution in [-0.2, 0) is 14.8 Å². The molecule has 1 saturated carbocycles. The number of aromatic amines is 1. The molecule has 0 bridgehead atoms. The van der Waals surface area contributed by atoms with Gasteiger partial charge in [-0.15, -0.1) is 0 Å². The first-order valence-electron chi connectivity index (χ1n) is 22.4. The first-order valence-corrected chi connectivity index (χ1v) is 24.2. The van der Waals surface area contributed by atoms with Crippen molar-refractivity contribution >= 4 is 61.2 Å². The summed E-state index contributed by atoms with van der Waals surface area (Å²) in [5.41, 5.74) is 6.13. The van der Waals surface area contributed by atoms with Crippen molar-refractivity contribution in [2.45, 2.75) is 75.8 Å². The van der Waals surface area contributed by atoms with Crippen molar-refractivity contribution in [3.8, 4) is 11.5 Å². The second kappa shape index (κ2) is 19.8. The van der Waals surface area contributed by atoms with E-state index in [0.717, 1.165) is 96.4 Å². The molecule has 1 atom stereocenters. The highest BCUT2D eigenvalue weighted by molar-refractivity contribution is 7.90. The number of amides is 1. The Balaban J connectivity index is 0.958. The van der Waals surface area contributed by atoms with Gasteiger partial charge in [-0.3, -0.25) is 9.69 Å². The smallest absolute Gasteiger partial charge is 0.268 e. The highest BCUT2D eigenvalue weighted by Gasteiger charge is 2.31. The summed E-state index contributed by atoms with van der Waals surface area (Å²) >= 11 is 6.20. The average Bonchev–Trinajstić information content (AvgIpc) is 3.77. The van der Waals surface area contributed by atoms with Gasteiger partial charge in [0.15, 0.2) is 11.4 Å². The third-order valence-corrected chi connectivity index (χ3v) is 14.4. The van der Waals surface area contributed by atoms with E-state index in [2.05, 4.69) is 61.5 Å². The molecule has 1 aliphatic heterocycles. The number of benzene rings is 4. The van der Waals surface area contributed by atoms with Crippen molar-refractivity contribution in [1.82, 2.24) is 29.7 Å². The van der Waals surface area contributed by atoms with Gasteiger partial charge < -0.3 is 35.6 Å². The minimum absolute atomic E-state index is 0.0280. The number of quaternary nitrogens is 1. The van der Waals surface area contributed by atoms with Gasteiger partial charge in [-0.05, 0) is 110 Å². The summed E-state index contributed by atoms with van der Waals surface area (Å²) in [5, 5.41) is 34.8. The largest absolute Gasteiger partial charge is 0.593 e. The van der Waals surface area contributed by atoms with Crippen molar-refractivity contribution < 1.29 is 27.9 Å². The number of para-hydroxylation sites is 1. The SMILES string of the molecule is CC1(C)CCC(CNCCNc2ccc(C(=O)NS(=O)(=O)c3ccc(N[C@H]4CC[C@H](N5CCOCC5)CC4)c([N+](C)([O-])O)c3)c(Oc3cccc4[nH]cnc34)c2)=C(c2ccc(Cl)cc2)C1. The van der Waals surface area contributed by atoms with Crippen LogP contribution in [0.1, 0.15) is 74.7 Å². The molecule has 5 aromatic rings. The molecule has 65 heavy (non-hydrogen) atoms. The number of allylic oxidation sites excluding steroid dienone is 1. The fourth-order valence-electron chi connectivity index (χ4n) is 9.19. The third-order valence-electron chi connectivity index (χ3n) is 12.8. The van der Waals surface area contributed by atoms with Gasteiger partial charge in [-0.2, -0.15) is 4.81 Å². The van der Waals surface area contributed by atoms with Crippen LogP contribution >= 0.6 is 11.6 Å². The van der Waals surface area contributed by atoms with E-state index < -0.39 is 20.7 Å². The summed E-state index contributed by atoms with van der Waals surface area (Å²) < 4.78 is 41.8. The molecule has 2 heterocycles. The minimum atomic E-state index is -4.56. The molecule has 1 saturated heterocycles. The van der Waals surface area contributed by atoms with E-state index in [4.69, 9.17) is 21.1 Å². The zero-order valence-corrected chi connectivity index (χ0v) is 38.7. The number of ether oxygens (including phenoxy) is 2. The summed E-state index contributed by atoms with van der Waals surface area (Å²) in [6.45, 7) is 9.86. The highest BCUT2D eigenvalue weighted by atomic mass is 35.5. The number of nitrogens with zero attached hydrogens (tertiary/aromatic N) is 3. The topological polar surface area (TPSA) is 193 Å². The first kappa shape index (κ1) is 46.5. The van der Waals surface area contributed by atoms with Crippen LogP contribution in [0.15, 0.2) is 95.7 Å². The maximum atomic E-state index is 14.0. The van der Waals surface area contributed by atoms with Gasteiger partial charge in [0.2, 0.25) is 0 Å². The second-order valence-electron chi connectivity index (χ2n) is 18.2. The Kier molecular flexibility index (Phi) is 14.2. The van der Waals surface area contributed by atoms with E-state index in [1.807, 2.05) is 18.2 Å². The molecule has 0 radical (unpaired) electrons. The van der Waals surface area contributed by atoms with Crippen molar-refractivity contribution in [3.63, 3.8) is 0 Å². The molecule has 15 nitrogen and oxygen atoms in total. The lowest BCUT2D eigenvalue weighted by atomic mass is 9.72. The average molecular weight is 928 g/mol. The van der Waals surface area contributed by atoms with Crippen LogP contribution in [0.2, 0.25) is 5.02 Å². The molecule has 2 fully saturated rings. The number of rotatable bonds is 16. The third kappa shape index (κ3) is 11.5. The molecule has 3 aliphatic rings. The van der Waals surface area contributed by atoms with E-state index in [1.54, 1.807) is 24.3 Å². The van der Waals surface area contributed by atoms with Gasteiger partial charge in [-0.1, -0.05) is 49.2 Å². The molecule has 0 spiro atoms. The number of carbonyl (C=O) groups is 1. The van der Waals surface area contributed by atoms with Crippen molar-refractivity contribution in [2.75, 3.05) is 63.6 Å². The summed E-state index contributed by atoms with van der Waals surface area (Å²) in [6, 6.07) is 22.6. The van der Waals surface area contributed by atoms with Crippen LogP contribution in [-0.4, -0.2) is 99.5 Å². The number of sulfonamides is 1. The predicted octanol–water partition coefficient (Wildman–Crippen LogP) is 8.67. The number of hydrogen-bond donors (Lipinski definition) is 6. The van der Waals surface area contributed by atoms with Crippen LogP contribution in [0.25, 0.3) is 16.6 Å². The van der Waals surface area contributed by atoms with Crippen LogP contribution in [0, 0.1) is 10.6 Å². The lowest BCUT2D eigenvalue weighted by molar-refractivity contribution is -0.00409. The standard InChI is InChI=1S/C48H59ClN8O7S/c1-48(2)20-19-33(40(29-48)32-7-9-34(49)10-8-32)30-50-21-22-51-36-13-17-39(45(27-36)64-44-6-4-5-42-46(44)53-31-52-42)47(58)55-65(61,62)38-16-18-41(43(28-38)57(3,59)60)54-35-11-14-37(15-12-35)56-23-25-63-26-24-56/h4-10,13,16-18,27-28,31,35,37,50-51,54,59H,11-12,14-15,19-26,29-30H2,1-3H3,(H,52,53)(H,55,58)/t35-,37-. The monoisotopic (exact) mass is 926 g/mol. The molecule has 8 rings (SSSR count). The van der Waals surface area contributed by atoms with Gasteiger partial charge in [-0.25, -0.2) is 23.3 Å². The van der Waals surface area contributed by atoms with Crippen LogP contribution in [0.4, 0.5) is 17.1 Å². The quantitative estimate of drug-likeness (QED) is 0.0314. The maximum absolute atomic E-state index is 14.0. The van der Waals surface area contributed by atoms with E-state index >= 15 is 0 Å². The Morgan fingerprint density at radius 2 is 1.78 bits per heavy atom. The summed E-state index contributed by atoms with van der Waals surface area (Å²) in [7, 11) is -3.55. The lowest BCUT2D eigenvalue weighted by Gasteiger charge is -2.39. The van der Waals surface area contributed by atoms with Gasteiger partial charge in [0.25, 0.3) is 15.9 Å². The molecule has 4 aromatic carbocycles. The summed E-state index contributed by atoms with van der Waals surface area (Å²) in [6.07, 6.45) is 8.27. The number of H-pyrrole nitrogens is 1. The van der Waals surface area contributed by atoms with Crippen molar-refractivity contribution in [3.05, 3.63) is 112 Å². The molecule has 346 valence electrons. The van der Waals surface area contributed by atoms with E-state index in [9.17, 15) is 23.6 Å². The number of halogens is 1. The Morgan fingerprint density at radius 3 is 2.54 bits per heavy atom. The van der Waals surface area contributed by atoms with E-state index in [-0.39, 0.29) is 33.4 Å². The van der Waals surface area contributed by atoms with Gasteiger partial charge in [0.1, 0.15) is 18.3 Å². The van der Waals surface area contributed by atoms with Crippen LogP contribution < -0.4 is 30.2 Å². The maximum Gasteiger partial charge on any atom is 0.268 e. The van der Waals surface area contributed by atoms with Gasteiger partial charge in [0, 0.05) is 67.7 Å². The Labute approximate surface area is 385 Å². The van der Waals surface area contributed by atoms with Gasteiger partial charge in [0.05, 0.1) is 41.2 Å². The van der Waals surface area contributed by atoms with E-state index in [0.29, 0.717) is 46.8 Å². The predicted molar refractivity (Wildman–Crippen MR) is 256 cm³/mol. The molecular weight excluding hydrogens is 868 g/mol. The molecule has 2 aliphatic carbocycles. The number of nitrogens with one attached hydrogen (secondary N) is 5. The molecule has 1 aromatic heterocycles. The molecule has 6 N–H and O–H groups in total. The van der Waals surface area contributed by atoms with Gasteiger partial charge >= 0.3 is 0 Å². The fourth-order valence-corrected chi connectivity index (χ4v) is 10.3. The number of hydrogen-bond acceptors (Lipinski definition) is 12. The molecule has 1 amide bonds. The lowest BCUT2D eigenvalue weighted by Crippen LogP contribution is -2.46. The Bertz CT molecular complexity index is 2620. The number of morpholine rings is 1. The van der Waals surface area contributed by atoms with Crippen molar-refractivity contribution in [1.29, 1.82) is 0 Å². The Hall–Kier alpha value is -5.04. The van der Waals surface area contributed by atoms with Crippen LogP contribution in [0.5, 0.6) is 11.5 Å².